The number of aliphatic carboxylic acids is 1. The summed E-state index contributed by atoms with van der Waals surface area (Å²) in [6, 6.07) is 10.4. The summed E-state index contributed by atoms with van der Waals surface area (Å²) in [5.41, 5.74) is 1.25. The summed E-state index contributed by atoms with van der Waals surface area (Å²) < 4.78 is 6.14. The van der Waals surface area contributed by atoms with Gasteiger partial charge in [-0.25, -0.2) is 0 Å². The third-order valence-corrected chi connectivity index (χ3v) is 5.41. The standard InChI is InChI=1S/C25H42O4/c1-2-15-24(29-21-22-16-11-10-12-17-22)19-14-9-7-5-3-4-6-8-13-18-23(26)20-25(27)28/h10-12,16-17,23-24,26H,2-9,13-15,18-21H2,1H3,(H,27,28). The molecule has 0 radical (unpaired) electrons. The smallest absolute Gasteiger partial charge is 0.305 e. The van der Waals surface area contributed by atoms with E-state index in [0.29, 0.717) is 12.5 Å². The normalized spacial score (nSPS) is 13.3. The summed E-state index contributed by atoms with van der Waals surface area (Å²) in [5, 5.41) is 18.1. The van der Waals surface area contributed by atoms with E-state index in [1.54, 1.807) is 0 Å². The number of benzene rings is 1. The van der Waals surface area contributed by atoms with Crippen LogP contribution in [-0.4, -0.2) is 28.4 Å². The lowest BCUT2D eigenvalue weighted by atomic mass is 10.0. The molecule has 0 aliphatic heterocycles. The molecular formula is C25H42O4. The molecule has 0 fully saturated rings. The van der Waals surface area contributed by atoms with E-state index < -0.39 is 12.1 Å². The van der Waals surface area contributed by atoms with E-state index in [2.05, 4.69) is 31.2 Å². The van der Waals surface area contributed by atoms with Crippen molar-refractivity contribution >= 4 is 5.97 Å². The van der Waals surface area contributed by atoms with Gasteiger partial charge < -0.3 is 14.9 Å². The summed E-state index contributed by atoms with van der Waals surface area (Å²) in [7, 11) is 0. The summed E-state index contributed by atoms with van der Waals surface area (Å²) in [4.78, 5) is 10.5. The molecule has 29 heavy (non-hydrogen) atoms. The van der Waals surface area contributed by atoms with Crippen LogP contribution >= 0.6 is 0 Å². The Morgan fingerprint density at radius 2 is 1.41 bits per heavy atom. The third-order valence-electron chi connectivity index (χ3n) is 5.41. The lowest BCUT2D eigenvalue weighted by Gasteiger charge is -2.17. The van der Waals surface area contributed by atoms with Crippen LogP contribution in [0.2, 0.25) is 0 Å². The van der Waals surface area contributed by atoms with Gasteiger partial charge in [-0.2, -0.15) is 0 Å². The molecule has 4 nitrogen and oxygen atoms in total. The Bertz CT molecular complexity index is 503. The number of carboxylic acids is 1. The Labute approximate surface area is 177 Å². The van der Waals surface area contributed by atoms with Gasteiger partial charge in [0.15, 0.2) is 0 Å². The van der Waals surface area contributed by atoms with Gasteiger partial charge in [-0.3, -0.25) is 4.79 Å². The van der Waals surface area contributed by atoms with Crippen LogP contribution in [0.3, 0.4) is 0 Å². The van der Waals surface area contributed by atoms with Crippen LogP contribution in [0.15, 0.2) is 30.3 Å². The first-order valence-corrected chi connectivity index (χ1v) is 11.7. The van der Waals surface area contributed by atoms with Gasteiger partial charge in [0.05, 0.1) is 25.2 Å². The fourth-order valence-corrected chi connectivity index (χ4v) is 3.71. The SMILES string of the molecule is CCCC(CCCCCCCCCCCC(O)CC(=O)O)OCc1ccccc1. The van der Waals surface area contributed by atoms with E-state index in [4.69, 9.17) is 9.84 Å². The van der Waals surface area contributed by atoms with E-state index in [1.165, 1.54) is 63.4 Å². The number of aliphatic hydroxyl groups is 1. The van der Waals surface area contributed by atoms with Crippen LogP contribution in [0, 0.1) is 0 Å². The second-order valence-corrected chi connectivity index (χ2v) is 8.22. The Balaban J connectivity index is 1.94. The second-order valence-electron chi connectivity index (χ2n) is 8.22. The van der Waals surface area contributed by atoms with Crippen molar-refractivity contribution in [2.24, 2.45) is 0 Å². The van der Waals surface area contributed by atoms with E-state index in [9.17, 15) is 9.90 Å². The molecule has 0 aromatic heterocycles. The first-order chi connectivity index (χ1) is 14.1. The highest BCUT2D eigenvalue weighted by atomic mass is 16.5. The first-order valence-electron chi connectivity index (χ1n) is 11.7. The lowest BCUT2D eigenvalue weighted by Crippen LogP contribution is -2.12. The van der Waals surface area contributed by atoms with E-state index in [-0.39, 0.29) is 6.42 Å². The average molecular weight is 407 g/mol. The maximum atomic E-state index is 10.5. The number of aliphatic hydroxyl groups excluding tert-OH is 1. The molecule has 0 heterocycles. The van der Waals surface area contributed by atoms with Gasteiger partial charge in [-0.1, -0.05) is 101 Å². The Kier molecular flexibility index (Phi) is 15.4. The van der Waals surface area contributed by atoms with Gasteiger partial charge >= 0.3 is 5.97 Å². The second kappa shape index (κ2) is 17.5. The fourth-order valence-electron chi connectivity index (χ4n) is 3.71. The average Bonchev–Trinajstić information content (AvgIpc) is 2.70. The molecule has 1 rings (SSSR count). The number of ether oxygens (including phenoxy) is 1. The highest BCUT2D eigenvalue weighted by Gasteiger charge is 2.09. The summed E-state index contributed by atoms with van der Waals surface area (Å²) >= 11 is 0. The molecule has 4 heteroatoms. The Morgan fingerprint density at radius 3 is 1.97 bits per heavy atom. The molecule has 0 bridgehead atoms. The van der Waals surface area contributed by atoms with Crippen molar-refractivity contribution in [2.45, 2.75) is 116 Å². The number of carbonyl (C=O) groups is 1. The predicted molar refractivity (Wildman–Crippen MR) is 119 cm³/mol. The first kappa shape index (κ1) is 25.6. The quantitative estimate of drug-likeness (QED) is 0.257. The minimum Gasteiger partial charge on any atom is -0.481 e. The maximum Gasteiger partial charge on any atom is 0.305 e. The van der Waals surface area contributed by atoms with Gasteiger partial charge in [0.1, 0.15) is 0 Å². The van der Waals surface area contributed by atoms with Crippen LogP contribution in [0.5, 0.6) is 0 Å². The maximum absolute atomic E-state index is 10.5. The van der Waals surface area contributed by atoms with Gasteiger partial charge in [0.2, 0.25) is 0 Å². The molecule has 1 aromatic carbocycles. The zero-order valence-corrected chi connectivity index (χ0v) is 18.4. The van der Waals surface area contributed by atoms with Crippen molar-refractivity contribution in [3.8, 4) is 0 Å². The molecule has 2 unspecified atom stereocenters. The van der Waals surface area contributed by atoms with Crippen LogP contribution in [0.1, 0.15) is 102 Å². The Morgan fingerprint density at radius 1 is 0.862 bits per heavy atom. The number of carboxylic acid groups (broad SMARTS) is 1. The molecular weight excluding hydrogens is 364 g/mol. The molecule has 0 spiro atoms. The van der Waals surface area contributed by atoms with Crippen molar-refractivity contribution < 1.29 is 19.7 Å². The largest absolute Gasteiger partial charge is 0.481 e. The molecule has 0 aliphatic rings. The van der Waals surface area contributed by atoms with Gasteiger partial charge in [0.25, 0.3) is 0 Å². The predicted octanol–water partition coefficient (Wildman–Crippen LogP) is 6.50. The molecule has 1 aromatic rings. The van der Waals surface area contributed by atoms with Crippen LogP contribution in [0.25, 0.3) is 0 Å². The zero-order valence-electron chi connectivity index (χ0n) is 18.4. The number of unbranched alkanes of at least 4 members (excludes halogenated alkanes) is 8. The van der Waals surface area contributed by atoms with Gasteiger partial charge in [-0.15, -0.1) is 0 Å². The van der Waals surface area contributed by atoms with Crippen molar-refractivity contribution in [2.75, 3.05) is 0 Å². The van der Waals surface area contributed by atoms with E-state index >= 15 is 0 Å². The highest BCUT2D eigenvalue weighted by Crippen LogP contribution is 2.17. The minimum atomic E-state index is -0.915. The molecule has 0 saturated heterocycles. The Hall–Kier alpha value is -1.39. The summed E-state index contributed by atoms with van der Waals surface area (Å²) in [6.07, 6.45) is 14.5. The van der Waals surface area contributed by atoms with Gasteiger partial charge in [-0.05, 0) is 24.8 Å². The molecule has 0 amide bonds. The van der Waals surface area contributed by atoms with Crippen LogP contribution in [-0.2, 0) is 16.1 Å². The highest BCUT2D eigenvalue weighted by molar-refractivity contribution is 5.67. The number of hydrogen-bond donors (Lipinski definition) is 2. The lowest BCUT2D eigenvalue weighted by molar-refractivity contribution is -0.139. The zero-order chi connectivity index (χ0) is 21.2. The van der Waals surface area contributed by atoms with Crippen molar-refractivity contribution in [1.82, 2.24) is 0 Å². The third kappa shape index (κ3) is 15.2. The summed E-state index contributed by atoms with van der Waals surface area (Å²) in [6.45, 7) is 2.95. The minimum absolute atomic E-state index is 0.129. The monoisotopic (exact) mass is 406 g/mol. The van der Waals surface area contributed by atoms with E-state index in [1.807, 2.05) is 6.07 Å². The molecule has 2 N–H and O–H groups in total. The topological polar surface area (TPSA) is 66.8 Å². The molecule has 0 saturated carbocycles. The van der Waals surface area contributed by atoms with Crippen molar-refractivity contribution in [3.05, 3.63) is 35.9 Å². The van der Waals surface area contributed by atoms with Crippen LogP contribution < -0.4 is 0 Å². The number of rotatable bonds is 19. The molecule has 166 valence electrons. The molecule has 2 atom stereocenters. The fraction of sp³-hybridized carbons (Fsp3) is 0.720. The van der Waals surface area contributed by atoms with Crippen LogP contribution in [0.4, 0.5) is 0 Å². The van der Waals surface area contributed by atoms with E-state index in [0.717, 1.165) is 25.9 Å². The molecule has 0 aliphatic carbocycles. The number of hydrogen-bond acceptors (Lipinski definition) is 3. The summed E-state index contributed by atoms with van der Waals surface area (Å²) in [5.74, 6) is -0.915. The van der Waals surface area contributed by atoms with Gasteiger partial charge in [0, 0.05) is 0 Å². The van der Waals surface area contributed by atoms with Crippen molar-refractivity contribution in [1.29, 1.82) is 0 Å². The van der Waals surface area contributed by atoms with Crippen molar-refractivity contribution in [3.63, 3.8) is 0 Å².